The van der Waals surface area contributed by atoms with E-state index in [2.05, 4.69) is 20.6 Å². The molecule has 0 radical (unpaired) electrons. The number of hydrogen-bond donors (Lipinski definition) is 3. The van der Waals surface area contributed by atoms with Gasteiger partial charge in [-0.1, -0.05) is 0 Å². The number of H-pyrrole nitrogens is 1. The lowest BCUT2D eigenvalue weighted by Crippen LogP contribution is -2.49. The average Bonchev–Trinajstić information content (AvgIpc) is 3.03. The lowest BCUT2D eigenvalue weighted by molar-refractivity contribution is -0.0280. The zero-order valence-electron chi connectivity index (χ0n) is 16.4. The van der Waals surface area contributed by atoms with Crippen molar-refractivity contribution in [2.75, 3.05) is 35.2 Å². The number of carbonyl (C=O) groups is 1. The van der Waals surface area contributed by atoms with Crippen LogP contribution in [-0.2, 0) is 4.74 Å². The fraction of sp³-hybridized carbons (Fsp3) is 0.300. The van der Waals surface area contributed by atoms with E-state index in [4.69, 9.17) is 4.74 Å². The first-order valence-electron chi connectivity index (χ1n) is 9.30. The first-order chi connectivity index (χ1) is 14.2. The number of morpholine rings is 1. The molecule has 0 atom stereocenters. The summed E-state index contributed by atoms with van der Waals surface area (Å²) in [6.45, 7) is 5.30. The van der Waals surface area contributed by atoms with E-state index in [9.17, 15) is 18.0 Å². The molecule has 0 bridgehead atoms. The molecule has 30 heavy (non-hydrogen) atoms. The Labute approximate surface area is 170 Å². The van der Waals surface area contributed by atoms with E-state index >= 15 is 0 Å². The van der Waals surface area contributed by atoms with Crippen molar-refractivity contribution in [3.63, 3.8) is 0 Å². The van der Waals surface area contributed by atoms with Crippen LogP contribution in [0.15, 0.2) is 30.6 Å². The van der Waals surface area contributed by atoms with E-state index in [0.717, 1.165) is 12.1 Å². The second kappa shape index (κ2) is 7.52. The smallest absolute Gasteiger partial charge is 0.323 e. The third-order valence-electron chi connectivity index (χ3n) is 4.78. The van der Waals surface area contributed by atoms with Crippen LogP contribution in [0.3, 0.4) is 0 Å². The van der Waals surface area contributed by atoms with Gasteiger partial charge in [-0.05, 0) is 19.9 Å². The molecule has 1 aromatic carbocycles. The van der Waals surface area contributed by atoms with Crippen molar-refractivity contribution in [3.05, 3.63) is 48.0 Å². The van der Waals surface area contributed by atoms with Gasteiger partial charge < -0.3 is 25.3 Å². The Hall–Kier alpha value is -3.27. The van der Waals surface area contributed by atoms with Gasteiger partial charge in [-0.15, -0.1) is 0 Å². The maximum Gasteiger partial charge on any atom is 0.323 e. The van der Waals surface area contributed by atoms with Crippen molar-refractivity contribution in [1.82, 2.24) is 9.97 Å². The number of ether oxygens (including phenoxy) is 1. The first kappa shape index (κ1) is 20.0. The summed E-state index contributed by atoms with van der Waals surface area (Å²) >= 11 is 0. The summed E-state index contributed by atoms with van der Waals surface area (Å²) in [6.07, 6.45) is 2.76. The number of benzene rings is 1. The number of fused-ring (bicyclic) bond motifs is 1. The van der Waals surface area contributed by atoms with Crippen molar-refractivity contribution >= 4 is 34.1 Å². The highest BCUT2D eigenvalue weighted by Gasteiger charge is 2.29. The highest BCUT2D eigenvalue weighted by atomic mass is 19.2. The minimum Gasteiger partial charge on any atom is -0.372 e. The molecule has 1 aliphatic rings. The molecule has 4 rings (SSSR count). The number of anilines is 3. The molecule has 2 amide bonds. The molecule has 0 aliphatic carbocycles. The summed E-state index contributed by atoms with van der Waals surface area (Å²) in [5.74, 6) is -2.41. The molecule has 0 saturated carbocycles. The number of hydrogen-bond acceptors (Lipinski definition) is 4. The quantitative estimate of drug-likeness (QED) is 0.593. The summed E-state index contributed by atoms with van der Waals surface area (Å²) < 4.78 is 47.0. The Morgan fingerprint density at radius 1 is 1.17 bits per heavy atom. The van der Waals surface area contributed by atoms with Gasteiger partial charge in [0, 0.05) is 36.8 Å². The van der Waals surface area contributed by atoms with Crippen molar-refractivity contribution in [1.29, 1.82) is 0 Å². The van der Waals surface area contributed by atoms with Crippen LogP contribution in [0.25, 0.3) is 10.9 Å². The lowest BCUT2D eigenvalue weighted by Gasteiger charge is -2.38. The second-order valence-corrected chi connectivity index (χ2v) is 7.65. The summed E-state index contributed by atoms with van der Waals surface area (Å²) in [6, 6.07) is 2.48. The number of halogens is 3. The molecule has 1 fully saturated rings. The predicted molar refractivity (Wildman–Crippen MR) is 107 cm³/mol. The van der Waals surface area contributed by atoms with Crippen LogP contribution in [0.1, 0.15) is 13.8 Å². The molecular weight excluding hydrogens is 399 g/mol. The number of urea groups is 1. The fourth-order valence-electron chi connectivity index (χ4n) is 3.43. The van der Waals surface area contributed by atoms with Crippen molar-refractivity contribution < 1.29 is 22.7 Å². The molecule has 1 saturated heterocycles. The summed E-state index contributed by atoms with van der Waals surface area (Å²) in [7, 11) is 0. The van der Waals surface area contributed by atoms with Crippen LogP contribution in [0.4, 0.5) is 35.2 Å². The minimum absolute atomic E-state index is 0.151. The predicted octanol–water partition coefficient (Wildman–Crippen LogP) is 4.24. The molecule has 7 nitrogen and oxygen atoms in total. The number of aromatic amines is 1. The summed E-state index contributed by atoms with van der Waals surface area (Å²) in [4.78, 5) is 21.0. The van der Waals surface area contributed by atoms with Gasteiger partial charge in [-0.25, -0.2) is 22.9 Å². The van der Waals surface area contributed by atoms with E-state index in [1.807, 2.05) is 13.8 Å². The van der Waals surface area contributed by atoms with Crippen LogP contribution < -0.4 is 15.5 Å². The Bertz CT molecular complexity index is 1120. The minimum atomic E-state index is -1.03. The summed E-state index contributed by atoms with van der Waals surface area (Å²) in [5, 5.41) is 5.31. The SMILES string of the molecule is CC1(C)CN(c2ncc(NC(=O)Nc3c[nH]c4cc(F)c(F)cc34)cc2F)CCO1. The molecule has 2 aromatic heterocycles. The van der Waals surface area contributed by atoms with Crippen LogP contribution in [-0.4, -0.2) is 41.3 Å². The van der Waals surface area contributed by atoms with Gasteiger partial charge in [0.05, 0.1) is 35.3 Å². The third-order valence-corrected chi connectivity index (χ3v) is 4.78. The van der Waals surface area contributed by atoms with E-state index in [1.54, 1.807) is 4.90 Å². The lowest BCUT2D eigenvalue weighted by atomic mass is 10.1. The number of carbonyl (C=O) groups excluding carboxylic acids is 1. The fourth-order valence-corrected chi connectivity index (χ4v) is 3.43. The van der Waals surface area contributed by atoms with Crippen LogP contribution in [0.2, 0.25) is 0 Å². The Morgan fingerprint density at radius 2 is 1.93 bits per heavy atom. The number of aromatic nitrogens is 2. The Kier molecular flexibility index (Phi) is 5.02. The van der Waals surface area contributed by atoms with Crippen LogP contribution in [0.5, 0.6) is 0 Å². The molecule has 3 heterocycles. The molecule has 0 spiro atoms. The number of rotatable bonds is 3. The molecule has 3 N–H and O–H groups in total. The number of nitrogens with zero attached hydrogens (tertiary/aromatic N) is 2. The maximum atomic E-state index is 14.6. The van der Waals surface area contributed by atoms with Gasteiger partial charge in [0.1, 0.15) is 0 Å². The van der Waals surface area contributed by atoms with Crippen molar-refractivity contribution in [3.8, 4) is 0 Å². The average molecular weight is 419 g/mol. The molecule has 158 valence electrons. The zero-order chi connectivity index (χ0) is 21.5. The maximum absolute atomic E-state index is 14.6. The Morgan fingerprint density at radius 3 is 2.67 bits per heavy atom. The largest absolute Gasteiger partial charge is 0.372 e. The van der Waals surface area contributed by atoms with Crippen molar-refractivity contribution in [2.45, 2.75) is 19.4 Å². The van der Waals surface area contributed by atoms with E-state index in [1.165, 1.54) is 18.5 Å². The standard InChI is InChI=1S/C20H20F3N5O2/c1-20(2)10-28(3-4-30-20)18-15(23)5-11(8-25-18)26-19(29)27-17-9-24-16-7-14(22)13(21)6-12(16)17/h5-9,24H,3-4,10H2,1-2H3,(H2,26,27,29). The van der Waals surface area contributed by atoms with Gasteiger partial charge in [-0.2, -0.15) is 0 Å². The number of amides is 2. The van der Waals surface area contributed by atoms with Crippen LogP contribution >= 0.6 is 0 Å². The molecule has 1 aliphatic heterocycles. The molecule has 10 heteroatoms. The number of nitrogens with one attached hydrogen (secondary N) is 3. The van der Waals surface area contributed by atoms with Crippen molar-refractivity contribution in [2.24, 2.45) is 0 Å². The zero-order valence-corrected chi connectivity index (χ0v) is 16.4. The molecular formula is C20H20F3N5O2. The Balaban J connectivity index is 1.46. The van der Waals surface area contributed by atoms with E-state index in [0.29, 0.717) is 30.6 Å². The van der Waals surface area contributed by atoms with Gasteiger partial charge in [0.15, 0.2) is 23.3 Å². The second-order valence-electron chi connectivity index (χ2n) is 7.65. The topological polar surface area (TPSA) is 82.3 Å². The third kappa shape index (κ3) is 4.04. The van der Waals surface area contributed by atoms with E-state index in [-0.39, 0.29) is 17.2 Å². The molecule has 0 unspecified atom stereocenters. The van der Waals surface area contributed by atoms with Gasteiger partial charge in [0.25, 0.3) is 0 Å². The highest BCUT2D eigenvalue weighted by molar-refractivity contribution is 6.05. The molecule has 3 aromatic rings. The van der Waals surface area contributed by atoms with Gasteiger partial charge >= 0.3 is 6.03 Å². The monoisotopic (exact) mass is 419 g/mol. The van der Waals surface area contributed by atoms with Gasteiger partial charge in [-0.3, -0.25) is 0 Å². The highest BCUT2D eigenvalue weighted by Crippen LogP contribution is 2.27. The normalized spacial score (nSPS) is 16.0. The van der Waals surface area contributed by atoms with E-state index < -0.39 is 29.1 Å². The first-order valence-corrected chi connectivity index (χ1v) is 9.30. The number of pyridine rings is 1. The summed E-state index contributed by atoms with van der Waals surface area (Å²) in [5.41, 5.74) is 0.320. The van der Waals surface area contributed by atoms with Crippen LogP contribution in [0, 0.1) is 17.5 Å². The van der Waals surface area contributed by atoms with Gasteiger partial charge in [0.2, 0.25) is 0 Å².